The van der Waals surface area contributed by atoms with E-state index in [2.05, 4.69) is 43.1 Å². The van der Waals surface area contributed by atoms with Crippen molar-refractivity contribution < 1.29 is 0 Å². The third kappa shape index (κ3) is 1.33. The standard InChI is InChI=1S/C14H19N/c1-14-7-8-15(2)12(10-14)9-11-5-3-4-6-13(11)14/h3-6,12H,7-10H2,1-2H3/t12-,14+/m1/s1. The van der Waals surface area contributed by atoms with E-state index in [-0.39, 0.29) is 0 Å². The zero-order valence-electron chi connectivity index (χ0n) is 9.66. The Balaban J connectivity index is 2.10. The zero-order valence-corrected chi connectivity index (χ0v) is 9.66. The van der Waals surface area contributed by atoms with Crippen LogP contribution in [0.2, 0.25) is 0 Å². The van der Waals surface area contributed by atoms with Crippen LogP contribution in [0.25, 0.3) is 0 Å². The lowest BCUT2D eigenvalue weighted by Crippen LogP contribution is -2.50. The first-order valence-electron chi connectivity index (χ1n) is 5.98. The fraction of sp³-hybridized carbons (Fsp3) is 0.571. The molecule has 15 heavy (non-hydrogen) atoms. The molecule has 0 saturated carbocycles. The summed E-state index contributed by atoms with van der Waals surface area (Å²) in [4.78, 5) is 2.54. The van der Waals surface area contributed by atoms with E-state index in [1.807, 2.05) is 0 Å². The number of fused-ring (bicyclic) bond motifs is 4. The molecular formula is C14H19N. The molecule has 2 atom stereocenters. The van der Waals surface area contributed by atoms with E-state index in [0.29, 0.717) is 5.41 Å². The van der Waals surface area contributed by atoms with Gasteiger partial charge in [0.2, 0.25) is 0 Å². The van der Waals surface area contributed by atoms with E-state index in [1.54, 1.807) is 11.1 Å². The summed E-state index contributed by atoms with van der Waals surface area (Å²) in [5.41, 5.74) is 3.66. The molecule has 0 aromatic heterocycles. The Labute approximate surface area is 92.1 Å². The first-order chi connectivity index (χ1) is 7.19. The Morgan fingerprint density at radius 1 is 1.33 bits per heavy atom. The molecule has 1 heterocycles. The van der Waals surface area contributed by atoms with Crippen molar-refractivity contribution in [3.05, 3.63) is 35.4 Å². The molecule has 1 aromatic rings. The van der Waals surface area contributed by atoms with E-state index in [0.717, 1.165) is 6.04 Å². The summed E-state index contributed by atoms with van der Waals surface area (Å²) in [6.07, 6.45) is 3.92. The summed E-state index contributed by atoms with van der Waals surface area (Å²) in [5, 5.41) is 0. The third-order valence-corrected chi connectivity index (χ3v) is 4.45. The highest BCUT2D eigenvalue weighted by molar-refractivity contribution is 5.38. The summed E-state index contributed by atoms with van der Waals surface area (Å²) in [7, 11) is 2.28. The van der Waals surface area contributed by atoms with Crippen molar-refractivity contribution in [3.8, 4) is 0 Å². The largest absolute Gasteiger partial charge is 0.303 e. The average molecular weight is 201 g/mol. The van der Waals surface area contributed by atoms with E-state index < -0.39 is 0 Å². The van der Waals surface area contributed by atoms with Gasteiger partial charge in [-0.3, -0.25) is 0 Å². The molecule has 1 nitrogen and oxygen atoms in total. The predicted molar refractivity (Wildman–Crippen MR) is 63.2 cm³/mol. The Morgan fingerprint density at radius 3 is 3.00 bits per heavy atom. The van der Waals surface area contributed by atoms with Crippen LogP contribution >= 0.6 is 0 Å². The van der Waals surface area contributed by atoms with Crippen molar-refractivity contribution >= 4 is 0 Å². The van der Waals surface area contributed by atoms with Gasteiger partial charge in [0.15, 0.2) is 0 Å². The summed E-state index contributed by atoms with van der Waals surface area (Å²) < 4.78 is 0. The molecule has 0 spiro atoms. The molecule has 80 valence electrons. The van der Waals surface area contributed by atoms with Crippen molar-refractivity contribution in [3.63, 3.8) is 0 Å². The first kappa shape index (κ1) is 9.41. The predicted octanol–water partition coefficient (Wildman–Crippen LogP) is 2.59. The van der Waals surface area contributed by atoms with Crippen LogP contribution in [0.1, 0.15) is 30.9 Å². The van der Waals surface area contributed by atoms with Crippen LogP contribution in [-0.2, 0) is 11.8 Å². The van der Waals surface area contributed by atoms with Crippen molar-refractivity contribution in [2.24, 2.45) is 0 Å². The lowest BCUT2D eigenvalue weighted by atomic mass is 9.65. The minimum Gasteiger partial charge on any atom is -0.303 e. The number of rotatable bonds is 0. The van der Waals surface area contributed by atoms with Crippen LogP contribution in [0.4, 0.5) is 0 Å². The number of piperidine rings is 1. The van der Waals surface area contributed by atoms with Crippen molar-refractivity contribution in [2.75, 3.05) is 13.6 Å². The Morgan fingerprint density at radius 2 is 2.13 bits per heavy atom. The Hall–Kier alpha value is -0.820. The van der Waals surface area contributed by atoms with Gasteiger partial charge in [0, 0.05) is 6.04 Å². The molecule has 3 rings (SSSR count). The maximum Gasteiger partial charge on any atom is 0.0141 e. The summed E-state index contributed by atoms with van der Waals surface area (Å²) in [6.45, 7) is 3.71. The van der Waals surface area contributed by atoms with Gasteiger partial charge in [-0.1, -0.05) is 31.2 Å². The molecule has 2 aliphatic rings. The van der Waals surface area contributed by atoms with Gasteiger partial charge in [0.05, 0.1) is 0 Å². The van der Waals surface area contributed by atoms with Gasteiger partial charge in [-0.15, -0.1) is 0 Å². The monoisotopic (exact) mass is 201 g/mol. The van der Waals surface area contributed by atoms with Gasteiger partial charge in [-0.05, 0) is 49.4 Å². The summed E-state index contributed by atoms with van der Waals surface area (Å²) >= 11 is 0. The van der Waals surface area contributed by atoms with E-state index in [1.165, 1.54) is 25.8 Å². The van der Waals surface area contributed by atoms with Gasteiger partial charge < -0.3 is 4.90 Å². The fourth-order valence-corrected chi connectivity index (χ4v) is 3.40. The van der Waals surface area contributed by atoms with E-state index in [4.69, 9.17) is 0 Å². The van der Waals surface area contributed by atoms with Crippen molar-refractivity contribution in [1.29, 1.82) is 0 Å². The maximum absolute atomic E-state index is 2.54. The number of likely N-dealkylation sites (N-methyl/N-ethyl adjacent to an activating group) is 1. The molecule has 0 amide bonds. The lowest BCUT2D eigenvalue weighted by molar-refractivity contribution is 0.113. The smallest absolute Gasteiger partial charge is 0.0141 e. The molecule has 1 aliphatic carbocycles. The summed E-state index contributed by atoms with van der Waals surface area (Å²) in [6, 6.07) is 9.82. The molecule has 2 bridgehead atoms. The van der Waals surface area contributed by atoms with Gasteiger partial charge in [-0.25, -0.2) is 0 Å². The topological polar surface area (TPSA) is 3.24 Å². The molecule has 1 aromatic carbocycles. The third-order valence-electron chi connectivity index (χ3n) is 4.45. The molecule has 0 N–H and O–H groups in total. The second-order valence-corrected chi connectivity index (χ2v) is 5.51. The number of hydrogen-bond acceptors (Lipinski definition) is 1. The normalized spacial score (nSPS) is 34.9. The second-order valence-electron chi connectivity index (χ2n) is 5.51. The van der Waals surface area contributed by atoms with Gasteiger partial charge in [0.25, 0.3) is 0 Å². The quantitative estimate of drug-likeness (QED) is 0.623. The molecule has 1 heteroatoms. The maximum atomic E-state index is 2.54. The number of benzene rings is 1. The van der Waals surface area contributed by atoms with E-state index >= 15 is 0 Å². The number of likely N-dealkylation sites (tertiary alicyclic amines) is 1. The minimum atomic E-state index is 0.450. The highest BCUT2D eigenvalue weighted by Crippen LogP contribution is 2.43. The summed E-state index contributed by atoms with van der Waals surface area (Å²) in [5.74, 6) is 0. The van der Waals surface area contributed by atoms with E-state index in [9.17, 15) is 0 Å². The van der Waals surface area contributed by atoms with Gasteiger partial charge in [0.1, 0.15) is 0 Å². The molecule has 1 aliphatic heterocycles. The van der Waals surface area contributed by atoms with Crippen LogP contribution in [-0.4, -0.2) is 24.5 Å². The van der Waals surface area contributed by atoms with Crippen LogP contribution in [0.15, 0.2) is 24.3 Å². The highest BCUT2D eigenvalue weighted by atomic mass is 15.1. The zero-order chi connectivity index (χ0) is 10.5. The SMILES string of the molecule is CN1CC[C@@]2(C)C[C@H]1Cc1ccccc12. The van der Waals surface area contributed by atoms with Crippen molar-refractivity contribution in [1.82, 2.24) is 4.90 Å². The number of hydrogen-bond donors (Lipinski definition) is 0. The van der Waals surface area contributed by atoms with Crippen LogP contribution in [0.3, 0.4) is 0 Å². The van der Waals surface area contributed by atoms with Gasteiger partial charge in [-0.2, -0.15) is 0 Å². The minimum absolute atomic E-state index is 0.450. The van der Waals surface area contributed by atoms with Crippen LogP contribution < -0.4 is 0 Å². The molecular weight excluding hydrogens is 182 g/mol. The second kappa shape index (κ2) is 3.08. The average Bonchev–Trinajstić information content (AvgIpc) is 2.25. The molecule has 1 fully saturated rings. The first-order valence-corrected chi connectivity index (χ1v) is 5.98. The van der Waals surface area contributed by atoms with Crippen molar-refractivity contribution in [2.45, 2.75) is 37.6 Å². The van der Waals surface area contributed by atoms with Crippen LogP contribution in [0, 0.1) is 0 Å². The Bertz CT molecular complexity index is 385. The molecule has 0 unspecified atom stereocenters. The van der Waals surface area contributed by atoms with Gasteiger partial charge >= 0.3 is 0 Å². The Kier molecular flexibility index (Phi) is 1.93. The number of nitrogens with zero attached hydrogens (tertiary/aromatic N) is 1. The molecule has 0 radical (unpaired) electrons. The fourth-order valence-electron chi connectivity index (χ4n) is 3.40. The molecule has 1 saturated heterocycles. The lowest BCUT2D eigenvalue weighted by Gasteiger charge is -2.48. The highest BCUT2D eigenvalue weighted by Gasteiger charge is 2.41. The van der Waals surface area contributed by atoms with Crippen LogP contribution in [0.5, 0.6) is 0 Å².